The van der Waals surface area contributed by atoms with Gasteiger partial charge in [-0.3, -0.25) is 4.79 Å². The molecule has 5 nitrogen and oxygen atoms in total. The van der Waals surface area contributed by atoms with E-state index < -0.39 is 0 Å². The number of methoxy groups -OCH3 is 2. The Hall–Kier alpha value is -1.75. The molecule has 0 aliphatic carbocycles. The number of hydrogen-bond donors (Lipinski definition) is 0. The maximum atomic E-state index is 12.3. The van der Waals surface area contributed by atoms with Gasteiger partial charge in [-0.2, -0.15) is 0 Å². The van der Waals surface area contributed by atoms with E-state index >= 15 is 0 Å². The van der Waals surface area contributed by atoms with E-state index in [1.54, 1.807) is 14.2 Å². The van der Waals surface area contributed by atoms with Crippen LogP contribution in [0.5, 0.6) is 11.5 Å². The minimum Gasteiger partial charge on any atom is -0.496 e. The van der Waals surface area contributed by atoms with E-state index in [9.17, 15) is 4.79 Å². The first-order valence-corrected chi connectivity index (χ1v) is 6.72. The molecular formula is C15H21NO4. The number of benzene rings is 1. The van der Waals surface area contributed by atoms with Crippen LogP contribution in [0.25, 0.3) is 0 Å². The molecule has 0 radical (unpaired) electrons. The fraction of sp³-hybridized carbons (Fsp3) is 0.533. The van der Waals surface area contributed by atoms with Gasteiger partial charge in [-0.25, -0.2) is 0 Å². The topological polar surface area (TPSA) is 48.0 Å². The van der Waals surface area contributed by atoms with Crippen molar-refractivity contribution in [2.75, 3.05) is 40.5 Å². The fourth-order valence-electron chi connectivity index (χ4n) is 2.34. The molecule has 0 bridgehead atoms. The summed E-state index contributed by atoms with van der Waals surface area (Å²) in [5.74, 6) is 1.60. The summed E-state index contributed by atoms with van der Waals surface area (Å²) in [6, 6.07) is 3.78. The third-order valence-electron chi connectivity index (χ3n) is 3.50. The van der Waals surface area contributed by atoms with Crippen LogP contribution < -0.4 is 9.47 Å². The summed E-state index contributed by atoms with van der Waals surface area (Å²) in [7, 11) is 3.24. The van der Waals surface area contributed by atoms with Crippen molar-refractivity contribution < 1.29 is 19.0 Å². The summed E-state index contributed by atoms with van der Waals surface area (Å²) in [6.45, 7) is 4.49. The SMILES string of the molecule is COc1cc(CC(=O)N2CCOCC2)c(OC)cc1C. The molecule has 0 saturated carbocycles. The fourth-order valence-corrected chi connectivity index (χ4v) is 2.34. The van der Waals surface area contributed by atoms with Gasteiger partial charge in [0.05, 0.1) is 33.9 Å². The number of carbonyl (C=O) groups excluding carboxylic acids is 1. The molecule has 20 heavy (non-hydrogen) atoms. The summed E-state index contributed by atoms with van der Waals surface area (Å²) in [5, 5.41) is 0. The summed E-state index contributed by atoms with van der Waals surface area (Å²) >= 11 is 0. The molecule has 2 rings (SSSR count). The Morgan fingerprint density at radius 2 is 1.85 bits per heavy atom. The lowest BCUT2D eigenvalue weighted by Gasteiger charge is -2.27. The molecule has 5 heteroatoms. The van der Waals surface area contributed by atoms with Crippen LogP contribution in [0.15, 0.2) is 12.1 Å². The van der Waals surface area contributed by atoms with Crippen LogP contribution in [0, 0.1) is 6.92 Å². The van der Waals surface area contributed by atoms with Crippen LogP contribution in [0.4, 0.5) is 0 Å². The number of nitrogens with zero attached hydrogens (tertiary/aromatic N) is 1. The van der Waals surface area contributed by atoms with E-state index in [1.807, 2.05) is 24.0 Å². The number of carbonyl (C=O) groups is 1. The summed E-state index contributed by atoms with van der Waals surface area (Å²) in [4.78, 5) is 14.1. The highest BCUT2D eigenvalue weighted by Gasteiger charge is 2.19. The Morgan fingerprint density at radius 3 is 2.45 bits per heavy atom. The highest BCUT2D eigenvalue weighted by atomic mass is 16.5. The quantitative estimate of drug-likeness (QED) is 0.836. The Bertz CT molecular complexity index is 481. The van der Waals surface area contributed by atoms with Gasteiger partial charge in [0.2, 0.25) is 5.91 Å². The van der Waals surface area contributed by atoms with E-state index in [2.05, 4.69) is 0 Å². The third kappa shape index (κ3) is 3.22. The molecule has 1 heterocycles. The first-order chi connectivity index (χ1) is 9.65. The molecule has 1 aliphatic heterocycles. The standard InChI is InChI=1S/C15H21NO4/c1-11-8-14(19-3)12(9-13(11)18-2)10-15(17)16-4-6-20-7-5-16/h8-9H,4-7,10H2,1-3H3. The molecule has 0 aromatic heterocycles. The summed E-state index contributed by atoms with van der Waals surface area (Å²) < 4.78 is 15.9. The first kappa shape index (κ1) is 14.7. The van der Waals surface area contributed by atoms with Crippen LogP contribution in [-0.2, 0) is 16.0 Å². The smallest absolute Gasteiger partial charge is 0.227 e. The van der Waals surface area contributed by atoms with Crippen molar-refractivity contribution in [2.45, 2.75) is 13.3 Å². The Balaban J connectivity index is 2.16. The number of aryl methyl sites for hydroxylation is 1. The number of hydrogen-bond acceptors (Lipinski definition) is 4. The predicted molar refractivity (Wildman–Crippen MR) is 75.4 cm³/mol. The average Bonchev–Trinajstić information content (AvgIpc) is 2.49. The van der Waals surface area contributed by atoms with Crippen molar-refractivity contribution in [1.29, 1.82) is 0 Å². The van der Waals surface area contributed by atoms with Gasteiger partial charge in [0.25, 0.3) is 0 Å². The molecule has 1 aromatic rings. The first-order valence-electron chi connectivity index (χ1n) is 6.72. The molecule has 1 amide bonds. The molecule has 0 N–H and O–H groups in total. The lowest BCUT2D eigenvalue weighted by Crippen LogP contribution is -2.41. The largest absolute Gasteiger partial charge is 0.496 e. The number of amides is 1. The molecular weight excluding hydrogens is 258 g/mol. The zero-order valence-corrected chi connectivity index (χ0v) is 12.3. The van der Waals surface area contributed by atoms with Crippen molar-refractivity contribution in [2.24, 2.45) is 0 Å². The molecule has 1 aliphatic rings. The highest BCUT2D eigenvalue weighted by Crippen LogP contribution is 2.28. The molecule has 0 unspecified atom stereocenters. The minimum atomic E-state index is 0.0949. The van der Waals surface area contributed by atoms with Crippen molar-refractivity contribution >= 4 is 5.91 Å². The normalized spacial score (nSPS) is 15.1. The van der Waals surface area contributed by atoms with Gasteiger partial charge in [0, 0.05) is 18.7 Å². The van der Waals surface area contributed by atoms with Crippen molar-refractivity contribution in [3.8, 4) is 11.5 Å². The Kier molecular flexibility index (Phi) is 4.84. The van der Waals surface area contributed by atoms with E-state index in [0.717, 1.165) is 22.6 Å². The van der Waals surface area contributed by atoms with Crippen molar-refractivity contribution in [3.05, 3.63) is 23.3 Å². The molecule has 110 valence electrons. The van der Waals surface area contributed by atoms with Gasteiger partial charge in [-0.05, 0) is 24.6 Å². The summed E-state index contributed by atoms with van der Waals surface area (Å²) in [6.07, 6.45) is 0.319. The third-order valence-corrected chi connectivity index (χ3v) is 3.50. The lowest BCUT2D eigenvalue weighted by atomic mass is 10.1. The lowest BCUT2D eigenvalue weighted by molar-refractivity contribution is -0.134. The Morgan fingerprint density at radius 1 is 1.20 bits per heavy atom. The second-order valence-electron chi connectivity index (χ2n) is 4.80. The number of ether oxygens (including phenoxy) is 3. The van der Waals surface area contributed by atoms with Crippen LogP contribution in [-0.4, -0.2) is 51.3 Å². The van der Waals surface area contributed by atoms with E-state index in [-0.39, 0.29) is 5.91 Å². The number of rotatable bonds is 4. The number of morpholine rings is 1. The zero-order chi connectivity index (χ0) is 14.5. The average molecular weight is 279 g/mol. The van der Waals surface area contributed by atoms with E-state index in [0.29, 0.717) is 32.7 Å². The molecule has 1 saturated heterocycles. The van der Waals surface area contributed by atoms with Gasteiger partial charge in [-0.1, -0.05) is 0 Å². The summed E-state index contributed by atoms with van der Waals surface area (Å²) in [5.41, 5.74) is 1.85. The molecule has 1 aromatic carbocycles. The van der Waals surface area contributed by atoms with Gasteiger partial charge in [0.1, 0.15) is 11.5 Å². The van der Waals surface area contributed by atoms with E-state index in [4.69, 9.17) is 14.2 Å². The van der Waals surface area contributed by atoms with Gasteiger partial charge in [0.15, 0.2) is 0 Å². The Labute approximate surface area is 119 Å². The van der Waals surface area contributed by atoms with Crippen LogP contribution in [0.2, 0.25) is 0 Å². The maximum Gasteiger partial charge on any atom is 0.227 e. The highest BCUT2D eigenvalue weighted by molar-refractivity contribution is 5.80. The molecule has 0 spiro atoms. The van der Waals surface area contributed by atoms with E-state index in [1.165, 1.54) is 0 Å². The second kappa shape index (κ2) is 6.61. The maximum absolute atomic E-state index is 12.3. The predicted octanol–water partition coefficient (Wildman–Crippen LogP) is 1.41. The second-order valence-corrected chi connectivity index (χ2v) is 4.80. The minimum absolute atomic E-state index is 0.0949. The van der Waals surface area contributed by atoms with Gasteiger partial charge < -0.3 is 19.1 Å². The van der Waals surface area contributed by atoms with Gasteiger partial charge >= 0.3 is 0 Å². The van der Waals surface area contributed by atoms with Crippen LogP contribution in [0.1, 0.15) is 11.1 Å². The van der Waals surface area contributed by atoms with Crippen LogP contribution in [0.3, 0.4) is 0 Å². The van der Waals surface area contributed by atoms with Crippen molar-refractivity contribution in [1.82, 2.24) is 4.90 Å². The molecule has 1 fully saturated rings. The van der Waals surface area contributed by atoms with Crippen LogP contribution >= 0.6 is 0 Å². The monoisotopic (exact) mass is 279 g/mol. The van der Waals surface area contributed by atoms with Crippen molar-refractivity contribution in [3.63, 3.8) is 0 Å². The van der Waals surface area contributed by atoms with Gasteiger partial charge in [-0.15, -0.1) is 0 Å². The molecule has 0 atom stereocenters. The zero-order valence-electron chi connectivity index (χ0n) is 12.3.